The molecule has 2 aromatic rings. The number of rotatable bonds is 3. The number of benzene rings is 1. The van der Waals surface area contributed by atoms with Crippen LogP contribution in [0.2, 0.25) is 5.15 Å². The van der Waals surface area contributed by atoms with Gasteiger partial charge in [-0.05, 0) is 44.2 Å². The van der Waals surface area contributed by atoms with E-state index in [-0.39, 0.29) is 11.9 Å². The first-order valence-electron chi connectivity index (χ1n) is 5.82. The van der Waals surface area contributed by atoms with Crippen molar-refractivity contribution in [2.45, 2.75) is 19.9 Å². The van der Waals surface area contributed by atoms with Crippen LogP contribution in [0.15, 0.2) is 34.8 Å². The molecule has 0 bridgehead atoms. The highest BCUT2D eigenvalue weighted by atomic mass is 79.9. The fourth-order valence-corrected chi connectivity index (χ4v) is 2.41. The minimum absolute atomic E-state index is 0.167. The number of pyridine rings is 1. The van der Waals surface area contributed by atoms with Crippen molar-refractivity contribution >= 4 is 33.2 Å². The lowest BCUT2D eigenvalue weighted by Crippen LogP contribution is -2.10. The normalized spacial score (nSPS) is 12.3. The predicted octanol–water partition coefficient (Wildman–Crippen LogP) is 5.12. The number of aromatic nitrogens is 1. The van der Waals surface area contributed by atoms with Crippen molar-refractivity contribution in [1.82, 2.24) is 4.98 Å². The first-order valence-corrected chi connectivity index (χ1v) is 6.99. The van der Waals surface area contributed by atoms with Crippen LogP contribution in [0.1, 0.15) is 24.2 Å². The summed E-state index contributed by atoms with van der Waals surface area (Å²) in [7, 11) is 0. The highest BCUT2D eigenvalue weighted by molar-refractivity contribution is 9.10. The summed E-state index contributed by atoms with van der Waals surface area (Å²) >= 11 is 9.16. The van der Waals surface area contributed by atoms with E-state index in [1.54, 1.807) is 18.2 Å². The molecule has 1 unspecified atom stereocenters. The molecular weight excluding hydrogens is 331 g/mol. The average Bonchev–Trinajstić information content (AvgIpc) is 2.35. The van der Waals surface area contributed by atoms with Gasteiger partial charge in [-0.15, -0.1) is 0 Å². The van der Waals surface area contributed by atoms with Gasteiger partial charge >= 0.3 is 0 Å². The lowest BCUT2D eigenvalue weighted by molar-refractivity contribution is 0.600. The van der Waals surface area contributed by atoms with Gasteiger partial charge in [-0.2, -0.15) is 0 Å². The minimum atomic E-state index is -0.234. The molecule has 0 aliphatic heterocycles. The predicted molar refractivity (Wildman–Crippen MR) is 80.1 cm³/mol. The van der Waals surface area contributed by atoms with Gasteiger partial charge in [0.05, 0.1) is 17.4 Å². The zero-order valence-corrected chi connectivity index (χ0v) is 12.9. The Morgan fingerprint density at radius 1 is 1.32 bits per heavy atom. The van der Waals surface area contributed by atoms with Gasteiger partial charge in [-0.25, -0.2) is 9.37 Å². The Balaban J connectivity index is 2.25. The number of nitrogens with zero attached hydrogens (tertiary/aromatic N) is 1. The standard InChI is InChI=1S/C14H13BrClFN2/c1-8(11-7-10(15)3-4-12(11)17)18-13-5-6-14(16)19-9(13)2/h3-8,18H,1-2H3. The van der Waals surface area contributed by atoms with Gasteiger partial charge in [0, 0.05) is 10.0 Å². The highest BCUT2D eigenvalue weighted by Crippen LogP contribution is 2.26. The molecule has 0 amide bonds. The van der Waals surface area contributed by atoms with E-state index in [0.29, 0.717) is 10.7 Å². The molecule has 100 valence electrons. The molecule has 1 aromatic heterocycles. The Kier molecular flexibility index (Phi) is 4.42. The molecule has 0 aliphatic rings. The second-order valence-corrected chi connectivity index (χ2v) is 5.60. The summed E-state index contributed by atoms with van der Waals surface area (Å²) in [5.41, 5.74) is 2.23. The van der Waals surface area contributed by atoms with Crippen LogP contribution in [0.25, 0.3) is 0 Å². The summed E-state index contributed by atoms with van der Waals surface area (Å²) in [6.45, 7) is 3.76. The van der Waals surface area contributed by atoms with E-state index in [1.165, 1.54) is 6.07 Å². The van der Waals surface area contributed by atoms with Crippen LogP contribution in [0.3, 0.4) is 0 Å². The molecular formula is C14H13BrClFN2. The summed E-state index contributed by atoms with van der Waals surface area (Å²) in [6.07, 6.45) is 0. The molecule has 0 spiro atoms. The number of aryl methyl sites for hydroxylation is 1. The monoisotopic (exact) mass is 342 g/mol. The Bertz CT molecular complexity index is 604. The van der Waals surface area contributed by atoms with Crippen LogP contribution in [0.5, 0.6) is 0 Å². The van der Waals surface area contributed by atoms with E-state index < -0.39 is 0 Å². The van der Waals surface area contributed by atoms with Gasteiger partial charge in [-0.1, -0.05) is 27.5 Å². The zero-order valence-electron chi connectivity index (χ0n) is 10.5. The van der Waals surface area contributed by atoms with Gasteiger partial charge in [0.15, 0.2) is 0 Å². The third-order valence-electron chi connectivity index (χ3n) is 2.85. The molecule has 1 atom stereocenters. The van der Waals surface area contributed by atoms with Crippen LogP contribution in [-0.2, 0) is 0 Å². The number of hydrogen-bond donors (Lipinski definition) is 1. The van der Waals surface area contributed by atoms with E-state index >= 15 is 0 Å². The molecule has 19 heavy (non-hydrogen) atoms. The van der Waals surface area contributed by atoms with Crippen LogP contribution < -0.4 is 5.32 Å². The summed E-state index contributed by atoms with van der Waals surface area (Å²) in [6, 6.07) is 8.29. The van der Waals surface area contributed by atoms with Crippen molar-refractivity contribution in [2.24, 2.45) is 0 Å². The molecule has 1 N–H and O–H groups in total. The van der Waals surface area contributed by atoms with Gasteiger partial charge in [-0.3, -0.25) is 0 Å². The smallest absolute Gasteiger partial charge is 0.129 e. The third kappa shape index (κ3) is 3.45. The van der Waals surface area contributed by atoms with E-state index in [4.69, 9.17) is 11.6 Å². The maximum Gasteiger partial charge on any atom is 0.129 e. The van der Waals surface area contributed by atoms with Crippen molar-refractivity contribution in [3.63, 3.8) is 0 Å². The van der Waals surface area contributed by atoms with Gasteiger partial charge in [0.2, 0.25) is 0 Å². The van der Waals surface area contributed by atoms with Crippen LogP contribution in [0.4, 0.5) is 10.1 Å². The van der Waals surface area contributed by atoms with Crippen LogP contribution in [0, 0.1) is 12.7 Å². The SMILES string of the molecule is Cc1nc(Cl)ccc1NC(C)c1cc(Br)ccc1F. The van der Waals surface area contributed by atoms with Crippen LogP contribution >= 0.6 is 27.5 Å². The molecule has 0 saturated heterocycles. The van der Waals surface area contributed by atoms with Crippen molar-refractivity contribution in [2.75, 3.05) is 5.32 Å². The van der Waals surface area contributed by atoms with Gasteiger partial charge in [0.1, 0.15) is 11.0 Å². The van der Waals surface area contributed by atoms with E-state index in [0.717, 1.165) is 15.9 Å². The van der Waals surface area contributed by atoms with E-state index in [2.05, 4.69) is 26.2 Å². The molecule has 5 heteroatoms. The van der Waals surface area contributed by atoms with E-state index in [9.17, 15) is 4.39 Å². The molecule has 0 aliphatic carbocycles. The van der Waals surface area contributed by atoms with Crippen molar-refractivity contribution in [3.8, 4) is 0 Å². The number of halogens is 3. The van der Waals surface area contributed by atoms with Crippen molar-refractivity contribution < 1.29 is 4.39 Å². The number of nitrogens with one attached hydrogen (secondary N) is 1. The highest BCUT2D eigenvalue weighted by Gasteiger charge is 2.12. The Morgan fingerprint density at radius 2 is 2.05 bits per heavy atom. The maximum absolute atomic E-state index is 13.8. The lowest BCUT2D eigenvalue weighted by atomic mass is 10.1. The third-order valence-corrected chi connectivity index (χ3v) is 3.55. The second-order valence-electron chi connectivity index (χ2n) is 4.30. The Hall–Kier alpha value is -1.13. The molecule has 0 radical (unpaired) electrons. The Labute approximate surface area is 125 Å². The average molecular weight is 344 g/mol. The minimum Gasteiger partial charge on any atom is -0.377 e. The first-order chi connectivity index (χ1) is 8.97. The molecule has 0 fully saturated rings. The maximum atomic E-state index is 13.8. The Morgan fingerprint density at radius 3 is 2.74 bits per heavy atom. The molecule has 2 rings (SSSR count). The van der Waals surface area contributed by atoms with Crippen molar-refractivity contribution in [1.29, 1.82) is 0 Å². The topological polar surface area (TPSA) is 24.9 Å². The summed E-state index contributed by atoms with van der Waals surface area (Å²) in [5, 5.41) is 3.69. The van der Waals surface area contributed by atoms with Gasteiger partial charge < -0.3 is 5.32 Å². The van der Waals surface area contributed by atoms with Gasteiger partial charge in [0.25, 0.3) is 0 Å². The van der Waals surface area contributed by atoms with Crippen molar-refractivity contribution in [3.05, 3.63) is 57.0 Å². The quantitative estimate of drug-likeness (QED) is 0.783. The second kappa shape index (κ2) is 5.88. The summed E-state index contributed by atoms with van der Waals surface area (Å²) in [5.74, 6) is -0.234. The summed E-state index contributed by atoms with van der Waals surface area (Å²) < 4.78 is 14.6. The van der Waals surface area contributed by atoms with Crippen LogP contribution in [-0.4, -0.2) is 4.98 Å². The summed E-state index contributed by atoms with van der Waals surface area (Å²) in [4.78, 5) is 4.16. The number of hydrogen-bond acceptors (Lipinski definition) is 2. The molecule has 0 saturated carbocycles. The largest absolute Gasteiger partial charge is 0.377 e. The lowest BCUT2D eigenvalue weighted by Gasteiger charge is -2.18. The number of anilines is 1. The fraction of sp³-hybridized carbons (Fsp3) is 0.214. The molecule has 1 aromatic carbocycles. The first kappa shape index (κ1) is 14.3. The molecule has 2 nitrogen and oxygen atoms in total. The fourth-order valence-electron chi connectivity index (χ4n) is 1.84. The van der Waals surface area contributed by atoms with E-state index in [1.807, 2.05) is 19.9 Å². The zero-order chi connectivity index (χ0) is 14.0. The molecule has 1 heterocycles.